The van der Waals surface area contributed by atoms with Gasteiger partial charge in [0, 0.05) is 31.2 Å². The number of aliphatic carboxylic acids is 2. The van der Waals surface area contributed by atoms with Gasteiger partial charge in [0.15, 0.2) is 12.4 Å². The van der Waals surface area contributed by atoms with Gasteiger partial charge in [-0.1, -0.05) is 57.6 Å². The van der Waals surface area contributed by atoms with E-state index in [9.17, 15) is 33.6 Å². The Labute approximate surface area is 352 Å². The lowest BCUT2D eigenvalue weighted by atomic mass is 10.0. The third-order valence-electron chi connectivity index (χ3n) is 8.97. The number of nitrogens with one attached hydrogen (secondary N) is 4. The maximum atomic E-state index is 13.0. The average molecular weight is 854 g/mol. The number of ketones is 1. The van der Waals surface area contributed by atoms with E-state index in [0.29, 0.717) is 43.9 Å². The maximum absolute atomic E-state index is 13.0. The van der Waals surface area contributed by atoms with Crippen molar-refractivity contribution in [2.75, 3.05) is 64.2 Å². The molecule has 1 aromatic carbocycles. The summed E-state index contributed by atoms with van der Waals surface area (Å²) in [4.78, 5) is 84.1. The van der Waals surface area contributed by atoms with Gasteiger partial charge in [0.2, 0.25) is 23.6 Å². The number of rotatable bonds is 37. The summed E-state index contributed by atoms with van der Waals surface area (Å²) in [5, 5.41) is 28.6. The quantitative estimate of drug-likeness (QED) is 0.0475. The van der Waals surface area contributed by atoms with Crippen LogP contribution in [0.1, 0.15) is 96.5 Å². The summed E-state index contributed by atoms with van der Waals surface area (Å²) in [6.07, 6.45) is 10.1. The standard InChI is InChI=1S/C41H67N5O12S/c1-30(28-59-29-37(49)45-35(31(2)47)25-32-15-17-33(18-16-32)58-27-39(52)53)40(54)46-34(13-10-11-19-42)41(55)44-21-22-56-23-24-57-26-36(48)43-20-12-8-6-4-3-5-7-9-14-38(50)51/h15-18,30,34-35H,3-14,19-29,42H2,1-2H3,(H,43,48)(H,44,55)(H,45,49)(H,46,54)(H,50,51)(H,52,53)/t30-,34-,35-/m0/s1. The first kappa shape index (κ1) is 52.8. The van der Waals surface area contributed by atoms with Crippen molar-refractivity contribution in [3.05, 3.63) is 29.8 Å². The summed E-state index contributed by atoms with van der Waals surface area (Å²) in [6.45, 7) is 4.45. The number of carbonyl (C=O) groups is 7. The largest absolute Gasteiger partial charge is 0.482 e. The molecule has 0 aliphatic carbocycles. The van der Waals surface area contributed by atoms with Crippen LogP contribution in [-0.4, -0.2) is 128 Å². The van der Waals surface area contributed by atoms with Gasteiger partial charge in [0.1, 0.15) is 18.4 Å². The van der Waals surface area contributed by atoms with Crippen LogP contribution in [0.2, 0.25) is 0 Å². The summed E-state index contributed by atoms with van der Waals surface area (Å²) >= 11 is 1.23. The molecule has 0 saturated heterocycles. The Kier molecular flexibility index (Phi) is 30.0. The van der Waals surface area contributed by atoms with Gasteiger partial charge in [-0.2, -0.15) is 11.8 Å². The van der Waals surface area contributed by atoms with E-state index in [1.807, 2.05) is 0 Å². The van der Waals surface area contributed by atoms with Crippen LogP contribution in [0.25, 0.3) is 0 Å². The number of carboxylic acid groups (broad SMARTS) is 2. The first-order valence-electron chi connectivity index (χ1n) is 20.6. The van der Waals surface area contributed by atoms with Gasteiger partial charge in [-0.25, -0.2) is 4.79 Å². The Balaban J connectivity index is 2.28. The minimum absolute atomic E-state index is 0.0185. The Morgan fingerprint density at radius 2 is 1.36 bits per heavy atom. The van der Waals surface area contributed by atoms with Crippen LogP contribution in [0.3, 0.4) is 0 Å². The molecule has 0 unspecified atom stereocenters. The Bertz CT molecular complexity index is 1400. The highest BCUT2D eigenvalue weighted by Gasteiger charge is 2.24. The highest BCUT2D eigenvalue weighted by Crippen LogP contribution is 2.15. The highest BCUT2D eigenvalue weighted by molar-refractivity contribution is 7.99. The predicted molar refractivity (Wildman–Crippen MR) is 224 cm³/mol. The second-order valence-electron chi connectivity index (χ2n) is 14.3. The number of Topliss-reactive ketones (excluding diaryl/α,β-unsaturated/α-hetero) is 1. The molecule has 0 fully saturated rings. The number of carboxylic acids is 2. The fourth-order valence-electron chi connectivity index (χ4n) is 5.61. The molecule has 4 amide bonds. The highest BCUT2D eigenvalue weighted by atomic mass is 32.2. The molecule has 1 rings (SSSR count). The van der Waals surface area contributed by atoms with Crippen molar-refractivity contribution in [2.45, 2.75) is 109 Å². The van der Waals surface area contributed by atoms with Crippen LogP contribution >= 0.6 is 11.8 Å². The summed E-state index contributed by atoms with van der Waals surface area (Å²) in [5.74, 6) is -3.13. The smallest absolute Gasteiger partial charge is 0.341 e. The fourth-order valence-corrected chi connectivity index (χ4v) is 6.50. The number of benzene rings is 1. The SMILES string of the molecule is CC(=O)[C@H](Cc1ccc(OCC(=O)O)cc1)NC(=O)CSC[C@H](C)C(=O)N[C@@H](CCCCN)C(=O)NCCOCCOCC(=O)NCCCCCCCCCCC(=O)O. The van der Waals surface area contributed by atoms with E-state index in [1.165, 1.54) is 18.7 Å². The van der Waals surface area contributed by atoms with Gasteiger partial charge >= 0.3 is 11.9 Å². The van der Waals surface area contributed by atoms with E-state index in [4.69, 9.17) is 30.2 Å². The maximum Gasteiger partial charge on any atom is 0.341 e. The molecule has 0 spiro atoms. The molecule has 8 N–H and O–H groups in total. The Morgan fingerprint density at radius 1 is 0.695 bits per heavy atom. The molecule has 0 radical (unpaired) electrons. The summed E-state index contributed by atoms with van der Waals surface area (Å²) < 4.78 is 16.0. The lowest BCUT2D eigenvalue weighted by molar-refractivity contribution is -0.139. The third kappa shape index (κ3) is 28.7. The number of thioether (sulfide) groups is 1. The van der Waals surface area contributed by atoms with Crippen LogP contribution in [0.5, 0.6) is 5.75 Å². The van der Waals surface area contributed by atoms with Crippen LogP contribution in [-0.2, 0) is 49.5 Å². The molecule has 334 valence electrons. The molecule has 0 heterocycles. The predicted octanol–water partition coefficient (Wildman–Crippen LogP) is 2.61. The monoisotopic (exact) mass is 853 g/mol. The van der Waals surface area contributed by atoms with E-state index in [-0.39, 0.29) is 81.0 Å². The molecule has 1 aromatic rings. The molecule has 0 aliphatic rings. The molecule has 17 nitrogen and oxygen atoms in total. The van der Waals surface area contributed by atoms with Crippen molar-refractivity contribution in [1.82, 2.24) is 21.3 Å². The normalized spacial score (nSPS) is 12.5. The third-order valence-corrected chi connectivity index (χ3v) is 10.2. The summed E-state index contributed by atoms with van der Waals surface area (Å²) in [5.41, 5.74) is 6.38. The lowest BCUT2D eigenvalue weighted by Crippen LogP contribution is -2.49. The lowest BCUT2D eigenvalue weighted by Gasteiger charge is -2.21. The van der Waals surface area contributed by atoms with Gasteiger partial charge in [-0.15, -0.1) is 0 Å². The zero-order chi connectivity index (χ0) is 43.7. The minimum Gasteiger partial charge on any atom is -0.482 e. The minimum atomic E-state index is -1.10. The number of nitrogens with two attached hydrogens (primary N) is 1. The van der Waals surface area contributed by atoms with E-state index >= 15 is 0 Å². The van der Waals surface area contributed by atoms with Crippen molar-refractivity contribution in [3.63, 3.8) is 0 Å². The second-order valence-corrected chi connectivity index (χ2v) is 15.3. The van der Waals surface area contributed by atoms with Crippen molar-refractivity contribution in [1.29, 1.82) is 0 Å². The number of amides is 4. The van der Waals surface area contributed by atoms with Crippen molar-refractivity contribution >= 4 is 53.1 Å². The fraction of sp³-hybridized carbons (Fsp3) is 0.683. The van der Waals surface area contributed by atoms with Crippen molar-refractivity contribution < 1.29 is 58.0 Å². The van der Waals surface area contributed by atoms with Crippen LogP contribution in [0.4, 0.5) is 0 Å². The first-order chi connectivity index (χ1) is 28.3. The first-order valence-corrected chi connectivity index (χ1v) is 21.7. The van der Waals surface area contributed by atoms with Gasteiger partial charge in [0.05, 0.1) is 31.6 Å². The number of unbranched alkanes of at least 4 members (excludes halogenated alkanes) is 8. The van der Waals surface area contributed by atoms with E-state index in [2.05, 4.69) is 21.3 Å². The number of carbonyl (C=O) groups excluding carboxylic acids is 5. The Hall–Kier alpha value is -4.26. The molecule has 18 heteroatoms. The van der Waals surface area contributed by atoms with Gasteiger partial charge in [-0.3, -0.25) is 28.8 Å². The second kappa shape index (κ2) is 33.6. The van der Waals surface area contributed by atoms with Crippen molar-refractivity contribution in [2.24, 2.45) is 11.7 Å². The van der Waals surface area contributed by atoms with Crippen LogP contribution < -0.4 is 31.7 Å². The summed E-state index contributed by atoms with van der Waals surface area (Å²) in [7, 11) is 0. The summed E-state index contributed by atoms with van der Waals surface area (Å²) in [6, 6.07) is 5.04. The van der Waals surface area contributed by atoms with E-state index in [0.717, 1.165) is 56.9 Å². The van der Waals surface area contributed by atoms with Crippen molar-refractivity contribution in [3.8, 4) is 5.75 Å². The topological polar surface area (TPSA) is 262 Å². The zero-order valence-electron chi connectivity index (χ0n) is 34.8. The Morgan fingerprint density at radius 3 is 2.00 bits per heavy atom. The molecule has 0 aliphatic heterocycles. The van der Waals surface area contributed by atoms with Gasteiger partial charge in [0.25, 0.3) is 0 Å². The zero-order valence-corrected chi connectivity index (χ0v) is 35.6. The number of hydrogen-bond acceptors (Lipinski definition) is 12. The van der Waals surface area contributed by atoms with Gasteiger partial charge in [-0.05, 0) is 69.7 Å². The average Bonchev–Trinajstić information content (AvgIpc) is 3.19. The van der Waals surface area contributed by atoms with Crippen LogP contribution in [0.15, 0.2) is 24.3 Å². The molecule has 3 atom stereocenters. The van der Waals surface area contributed by atoms with E-state index < -0.39 is 36.5 Å². The number of hydrogen-bond donors (Lipinski definition) is 7. The molecular formula is C41H67N5O12S. The van der Waals surface area contributed by atoms with E-state index in [1.54, 1.807) is 31.2 Å². The number of ether oxygens (including phenoxy) is 3. The molecule has 0 aromatic heterocycles. The molecule has 59 heavy (non-hydrogen) atoms. The molecule has 0 saturated carbocycles. The molecule has 0 bridgehead atoms. The van der Waals surface area contributed by atoms with Gasteiger partial charge < -0.3 is 51.4 Å². The van der Waals surface area contributed by atoms with Crippen LogP contribution in [0, 0.1) is 5.92 Å². The molecular weight excluding hydrogens is 787 g/mol.